The van der Waals surface area contributed by atoms with E-state index < -0.39 is 15.6 Å². The number of hydrogen-bond acceptors (Lipinski definition) is 4. The Morgan fingerprint density at radius 1 is 1.35 bits per heavy atom. The Morgan fingerprint density at radius 2 is 2.08 bits per heavy atom. The normalized spacial score (nSPS) is 27.7. The molecule has 0 radical (unpaired) electrons. The van der Waals surface area contributed by atoms with Gasteiger partial charge in [0.2, 0.25) is 10.0 Å². The van der Waals surface area contributed by atoms with E-state index >= 15 is 0 Å². The second-order valence-corrected chi connectivity index (χ2v) is 10.0. The summed E-state index contributed by atoms with van der Waals surface area (Å²) in [4.78, 5) is 14.2. The molecule has 2 saturated heterocycles. The van der Waals surface area contributed by atoms with Crippen LogP contribution in [0.4, 0.5) is 0 Å². The summed E-state index contributed by atoms with van der Waals surface area (Å²) >= 11 is 6.18. The summed E-state index contributed by atoms with van der Waals surface area (Å²) in [5.74, 6) is 0.0110. The lowest BCUT2D eigenvalue weighted by Crippen LogP contribution is -2.39. The molecule has 6 nitrogen and oxygen atoms in total. The highest BCUT2D eigenvalue weighted by Gasteiger charge is 2.35. The largest absolute Gasteiger partial charge is 0.388 e. The van der Waals surface area contributed by atoms with Crippen molar-refractivity contribution in [2.45, 2.75) is 43.6 Å². The van der Waals surface area contributed by atoms with Crippen LogP contribution in [-0.4, -0.2) is 60.4 Å². The van der Waals surface area contributed by atoms with Gasteiger partial charge in [0.15, 0.2) is 0 Å². The van der Waals surface area contributed by atoms with Crippen molar-refractivity contribution >= 4 is 27.5 Å². The molecule has 2 aliphatic heterocycles. The van der Waals surface area contributed by atoms with Crippen LogP contribution in [0.1, 0.15) is 43.5 Å². The maximum absolute atomic E-state index is 13.0. The number of amides is 1. The lowest BCUT2D eigenvalue weighted by Gasteiger charge is -2.30. The minimum absolute atomic E-state index is 0.0231. The molecule has 0 unspecified atom stereocenters. The van der Waals surface area contributed by atoms with E-state index in [2.05, 4.69) is 0 Å². The number of β-amino-alcohol motifs (C(OH)–C–C–N with tert-alkyl or cyclic N) is 1. The predicted molar refractivity (Wildman–Crippen MR) is 99.8 cm³/mol. The molecule has 2 fully saturated rings. The Bertz CT molecular complexity index is 809. The number of carbonyl (C=O) groups excluding carboxylic acids is 1. The Morgan fingerprint density at radius 3 is 2.69 bits per heavy atom. The minimum atomic E-state index is -3.75. The zero-order valence-electron chi connectivity index (χ0n) is 15.1. The van der Waals surface area contributed by atoms with Gasteiger partial charge in [0.05, 0.1) is 10.6 Å². The monoisotopic (exact) mass is 400 g/mol. The number of nitrogens with zero attached hydrogens (tertiary/aromatic N) is 2. The first kappa shape index (κ1) is 19.6. The average Bonchev–Trinajstić information content (AvgIpc) is 2.94. The number of piperidine rings is 1. The SMILES string of the molecule is C[C@@H]1CCCN(S(=O)(=O)c2cc(C(=O)N3CC[C@@](C)(O)C3)ccc2Cl)C1. The summed E-state index contributed by atoms with van der Waals surface area (Å²) in [6.45, 7) is 5.33. The summed E-state index contributed by atoms with van der Waals surface area (Å²) in [5, 5.41) is 10.2. The number of carbonyl (C=O) groups is 1. The molecule has 1 aromatic carbocycles. The van der Waals surface area contributed by atoms with Gasteiger partial charge in [-0.05, 0) is 50.3 Å². The van der Waals surface area contributed by atoms with Gasteiger partial charge in [-0.2, -0.15) is 4.31 Å². The molecule has 2 heterocycles. The van der Waals surface area contributed by atoms with E-state index in [4.69, 9.17) is 11.6 Å². The van der Waals surface area contributed by atoms with Crippen LogP contribution < -0.4 is 0 Å². The van der Waals surface area contributed by atoms with Crippen LogP contribution in [-0.2, 0) is 10.0 Å². The lowest BCUT2D eigenvalue weighted by atomic mass is 10.0. The van der Waals surface area contributed by atoms with Crippen molar-refractivity contribution in [2.24, 2.45) is 5.92 Å². The number of halogens is 1. The summed E-state index contributed by atoms with van der Waals surface area (Å²) in [6.07, 6.45) is 2.33. The molecule has 8 heteroatoms. The van der Waals surface area contributed by atoms with Crippen molar-refractivity contribution in [3.8, 4) is 0 Å². The van der Waals surface area contributed by atoms with Crippen molar-refractivity contribution < 1.29 is 18.3 Å². The van der Waals surface area contributed by atoms with Crippen LogP contribution in [0.3, 0.4) is 0 Å². The molecule has 0 saturated carbocycles. The van der Waals surface area contributed by atoms with Gasteiger partial charge in [-0.3, -0.25) is 4.79 Å². The standard InChI is InChI=1S/C18H25ClN2O4S/c1-13-4-3-8-21(11-13)26(24,25)16-10-14(5-6-15(16)19)17(22)20-9-7-18(2,23)12-20/h5-6,10,13,23H,3-4,7-9,11-12H2,1-2H3/t13-,18-/m1/s1. The molecule has 0 spiro atoms. The molecule has 1 amide bonds. The number of likely N-dealkylation sites (tertiary alicyclic amines) is 1. The number of hydrogen-bond donors (Lipinski definition) is 1. The second-order valence-electron chi connectivity index (χ2n) is 7.73. The lowest BCUT2D eigenvalue weighted by molar-refractivity contribution is 0.0572. The van der Waals surface area contributed by atoms with Gasteiger partial charge in [0.1, 0.15) is 4.90 Å². The zero-order valence-corrected chi connectivity index (χ0v) is 16.7. The average molecular weight is 401 g/mol. The molecule has 144 valence electrons. The van der Waals surface area contributed by atoms with Crippen LogP contribution in [0.25, 0.3) is 0 Å². The van der Waals surface area contributed by atoms with Gasteiger partial charge in [0, 0.05) is 31.7 Å². The van der Waals surface area contributed by atoms with Crippen molar-refractivity contribution in [3.63, 3.8) is 0 Å². The van der Waals surface area contributed by atoms with Crippen molar-refractivity contribution in [1.82, 2.24) is 9.21 Å². The highest BCUT2D eigenvalue weighted by Crippen LogP contribution is 2.30. The number of benzene rings is 1. The van der Waals surface area contributed by atoms with Crippen LogP contribution in [0.2, 0.25) is 5.02 Å². The van der Waals surface area contributed by atoms with Gasteiger partial charge < -0.3 is 10.0 Å². The first-order chi connectivity index (χ1) is 12.1. The van der Waals surface area contributed by atoms with Gasteiger partial charge in [-0.15, -0.1) is 0 Å². The van der Waals surface area contributed by atoms with E-state index in [1.807, 2.05) is 6.92 Å². The second kappa shape index (κ2) is 7.11. The number of sulfonamides is 1. The van der Waals surface area contributed by atoms with Crippen LogP contribution in [0.5, 0.6) is 0 Å². The number of rotatable bonds is 3. The van der Waals surface area contributed by atoms with E-state index in [0.717, 1.165) is 12.8 Å². The molecule has 2 atom stereocenters. The highest BCUT2D eigenvalue weighted by molar-refractivity contribution is 7.89. The third-order valence-electron chi connectivity index (χ3n) is 5.15. The molecule has 1 N–H and O–H groups in total. The third-order valence-corrected chi connectivity index (χ3v) is 7.50. The van der Waals surface area contributed by atoms with Crippen LogP contribution in [0, 0.1) is 5.92 Å². The molecular formula is C18H25ClN2O4S. The number of aliphatic hydroxyl groups is 1. The fourth-order valence-electron chi connectivity index (χ4n) is 3.64. The Kier molecular flexibility index (Phi) is 5.36. The third kappa shape index (κ3) is 3.91. The van der Waals surface area contributed by atoms with E-state index in [1.54, 1.807) is 11.8 Å². The molecule has 0 aliphatic carbocycles. The summed E-state index contributed by atoms with van der Waals surface area (Å²) in [7, 11) is -3.75. The molecular weight excluding hydrogens is 376 g/mol. The quantitative estimate of drug-likeness (QED) is 0.844. The van der Waals surface area contributed by atoms with E-state index in [9.17, 15) is 18.3 Å². The van der Waals surface area contributed by atoms with Crippen molar-refractivity contribution in [1.29, 1.82) is 0 Å². The maximum atomic E-state index is 13.0. The summed E-state index contributed by atoms with van der Waals surface area (Å²) in [6, 6.07) is 4.37. The van der Waals surface area contributed by atoms with E-state index in [1.165, 1.54) is 22.5 Å². The van der Waals surface area contributed by atoms with Crippen LogP contribution in [0.15, 0.2) is 23.1 Å². The molecule has 2 aliphatic rings. The van der Waals surface area contributed by atoms with E-state index in [-0.39, 0.29) is 27.9 Å². The fraction of sp³-hybridized carbons (Fsp3) is 0.611. The maximum Gasteiger partial charge on any atom is 0.253 e. The molecule has 3 rings (SSSR count). The molecule has 26 heavy (non-hydrogen) atoms. The topological polar surface area (TPSA) is 77.9 Å². The van der Waals surface area contributed by atoms with E-state index in [0.29, 0.717) is 32.0 Å². The van der Waals surface area contributed by atoms with Gasteiger partial charge in [-0.1, -0.05) is 18.5 Å². The first-order valence-corrected chi connectivity index (χ1v) is 10.7. The van der Waals surface area contributed by atoms with Crippen molar-refractivity contribution in [3.05, 3.63) is 28.8 Å². The Balaban J connectivity index is 1.89. The first-order valence-electron chi connectivity index (χ1n) is 8.91. The van der Waals surface area contributed by atoms with Gasteiger partial charge in [0.25, 0.3) is 5.91 Å². The van der Waals surface area contributed by atoms with Crippen molar-refractivity contribution in [2.75, 3.05) is 26.2 Å². The Labute approximate surface area is 159 Å². The van der Waals surface area contributed by atoms with Gasteiger partial charge >= 0.3 is 0 Å². The summed E-state index contributed by atoms with van der Waals surface area (Å²) < 4.78 is 27.5. The molecule has 0 aromatic heterocycles. The Hall–Kier alpha value is -1.15. The fourth-order valence-corrected chi connectivity index (χ4v) is 5.74. The minimum Gasteiger partial charge on any atom is -0.388 e. The van der Waals surface area contributed by atoms with Crippen LogP contribution >= 0.6 is 11.6 Å². The van der Waals surface area contributed by atoms with Gasteiger partial charge in [-0.25, -0.2) is 8.42 Å². The highest BCUT2D eigenvalue weighted by atomic mass is 35.5. The predicted octanol–water partition coefficient (Wildman–Crippen LogP) is 2.36. The molecule has 0 bridgehead atoms. The molecule has 1 aromatic rings. The zero-order chi connectivity index (χ0) is 19.1. The smallest absolute Gasteiger partial charge is 0.253 e. The summed E-state index contributed by atoms with van der Waals surface area (Å²) in [5.41, 5.74) is -0.628.